The topological polar surface area (TPSA) is 88.7 Å². The van der Waals surface area contributed by atoms with E-state index in [4.69, 9.17) is 11.6 Å². The van der Waals surface area contributed by atoms with Crippen LogP contribution in [-0.2, 0) is 18.4 Å². The maximum Gasteiger partial charge on any atom is 0.270 e. The number of nitrogens with zero attached hydrogens (tertiary/aromatic N) is 4. The summed E-state index contributed by atoms with van der Waals surface area (Å²) in [4.78, 5) is 39.6. The van der Waals surface area contributed by atoms with E-state index in [1.165, 1.54) is 23.1 Å². The Labute approximate surface area is 179 Å². The van der Waals surface area contributed by atoms with Crippen molar-refractivity contribution >= 4 is 29.1 Å². The van der Waals surface area contributed by atoms with Crippen LogP contribution in [0.15, 0.2) is 49.2 Å². The molecule has 1 saturated carbocycles. The Hall–Kier alpha value is -3.13. The van der Waals surface area contributed by atoms with Crippen LogP contribution in [0.25, 0.3) is 0 Å². The fraction of sp³-hybridized carbons (Fsp3) is 0.333. The number of amides is 2. The smallest absolute Gasteiger partial charge is 0.270 e. The molecule has 0 unspecified atom stereocenters. The first-order valence-corrected chi connectivity index (χ1v) is 9.93. The third-order valence-electron chi connectivity index (χ3n) is 5.05. The summed E-state index contributed by atoms with van der Waals surface area (Å²) in [6, 6.07) is 7.73. The average Bonchev–Trinajstić information content (AvgIpc) is 3.46. The van der Waals surface area contributed by atoms with Gasteiger partial charge in [0.1, 0.15) is 6.54 Å². The van der Waals surface area contributed by atoms with Gasteiger partial charge in [-0.1, -0.05) is 17.7 Å². The van der Waals surface area contributed by atoms with Gasteiger partial charge in [0.2, 0.25) is 5.91 Å². The normalized spacial score (nSPS) is 13.0. The highest BCUT2D eigenvalue weighted by Crippen LogP contribution is 2.29. The molecule has 2 aromatic rings. The van der Waals surface area contributed by atoms with Gasteiger partial charge in [0.15, 0.2) is 0 Å². The fourth-order valence-electron chi connectivity index (χ4n) is 3.23. The number of hydrogen-bond donors (Lipinski definition) is 0. The van der Waals surface area contributed by atoms with E-state index >= 15 is 0 Å². The van der Waals surface area contributed by atoms with Crippen molar-refractivity contribution in [3.63, 3.8) is 0 Å². The number of nitro benzene ring substituents is 1. The maximum absolute atomic E-state index is 13.1. The molecule has 1 fully saturated rings. The number of aryl methyl sites for hydroxylation is 1. The van der Waals surface area contributed by atoms with Crippen molar-refractivity contribution in [3.05, 3.63) is 75.6 Å². The maximum atomic E-state index is 13.1. The van der Waals surface area contributed by atoms with E-state index in [2.05, 4.69) is 6.58 Å². The molecule has 8 nitrogen and oxygen atoms in total. The molecule has 1 heterocycles. The molecule has 1 aliphatic carbocycles. The zero-order chi connectivity index (χ0) is 21.8. The van der Waals surface area contributed by atoms with Crippen LogP contribution in [0.1, 0.15) is 28.9 Å². The van der Waals surface area contributed by atoms with Gasteiger partial charge in [0.25, 0.3) is 11.6 Å². The fourth-order valence-corrected chi connectivity index (χ4v) is 3.49. The second kappa shape index (κ2) is 9.13. The van der Waals surface area contributed by atoms with Gasteiger partial charge in [-0.2, -0.15) is 0 Å². The van der Waals surface area contributed by atoms with Crippen LogP contribution in [0.3, 0.4) is 0 Å². The summed E-state index contributed by atoms with van der Waals surface area (Å²) >= 11 is 6.11. The van der Waals surface area contributed by atoms with E-state index in [1.807, 2.05) is 29.9 Å². The van der Waals surface area contributed by atoms with Crippen LogP contribution in [0.4, 0.5) is 5.69 Å². The lowest BCUT2D eigenvalue weighted by molar-refractivity contribution is -0.384. The molecule has 3 rings (SSSR count). The van der Waals surface area contributed by atoms with Crippen LogP contribution in [0.5, 0.6) is 0 Å². The summed E-state index contributed by atoms with van der Waals surface area (Å²) in [5.74, 6) is -0.635. The van der Waals surface area contributed by atoms with Gasteiger partial charge < -0.3 is 14.4 Å². The van der Waals surface area contributed by atoms with Crippen molar-refractivity contribution in [1.82, 2.24) is 14.4 Å². The Morgan fingerprint density at radius 2 is 2.10 bits per heavy atom. The number of carbonyl (C=O) groups is 2. The number of carbonyl (C=O) groups excluding carboxylic acids is 2. The largest absolute Gasteiger partial charge is 0.353 e. The molecule has 1 aliphatic rings. The molecule has 0 saturated heterocycles. The average molecular weight is 431 g/mol. The summed E-state index contributed by atoms with van der Waals surface area (Å²) < 4.78 is 1.96. The summed E-state index contributed by atoms with van der Waals surface area (Å²) in [5, 5.41) is 10.9. The van der Waals surface area contributed by atoms with Crippen molar-refractivity contribution in [2.45, 2.75) is 25.4 Å². The Balaban J connectivity index is 1.77. The van der Waals surface area contributed by atoms with Gasteiger partial charge in [-0.05, 0) is 31.0 Å². The van der Waals surface area contributed by atoms with Gasteiger partial charge in [0, 0.05) is 43.7 Å². The Bertz CT molecular complexity index is 983. The lowest BCUT2D eigenvalue weighted by Crippen LogP contribution is -2.44. The molecule has 1 aromatic heterocycles. The number of halogens is 1. The molecule has 2 amide bonds. The predicted octanol–water partition coefficient (Wildman–Crippen LogP) is 3.41. The summed E-state index contributed by atoms with van der Waals surface area (Å²) in [5.41, 5.74) is 0.915. The Morgan fingerprint density at radius 1 is 1.37 bits per heavy atom. The second-order valence-electron chi connectivity index (χ2n) is 7.26. The van der Waals surface area contributed by atoms with Crippen LogP contribution < -0.4 is 0 Å². The molecular weight excluding hydrogens is 408 g/mol. The first-order chi connectivity index (χ1) is 14.3. The molecule has 0 atom stereocenters. The highest BCUT2D eigenvalue weighted by molar-refractivity contribution is 6.34. The number of aromatic nitrogens is 1. The third kappa shape index (κ3) is 4.88. The zero-order valence-electron chi connectivity index (χ0n) is 16.7. The lowest BCUT2D eigenvalue weighted by Gasteiger charge is -2.27. The minimum atomic E-state index is -0.581. The SMILES string of the molecule is C=CCN(CC(=O)N(Cc1cccn1C)C1CC1)C(=O)c1ccc([N+](=O)[O-])cc1Cl. The molecule has 9 heteroatoms. The molecular formula is C21H23ClN4O4. The number of non-ortho nitro benzene ring substituents is 1. The molecule has 0 N–H and O–H groups in total. The van der Waals surface area contributed by atoms with Crippen molar-refractivity contribution < 1.29 is 14.5 Å². The molecule has 1 aromatic carbocycles. The third-order valence-corrected chi connectivity index (χ3v) is 5.36. The Morgan fingerprint density at radius 3 is 2.63 bits per heavy atom. The highest BCUT2D eigenvalue weighted by atomic mass is 35.5. The van der Waals surface area contributed by atoms with Crippen molar-refractivity contribution in [3.8, 4) is 0 Å². The Kier molecular flexibility index (Phi) is 6.56. The van der Waals surface area contributed by atoms with Crippen LogP contribution in [0, 0.1) is 10.1 Å². The molecule has 0 aliphatic heterocycles. The minimum Gasteiger partial charge on any atom is -0.353 e. The molecule has 0 radical (unpaired) electrons. The first kappa shape index (κ1) is 21.6. The summed E-state index contributed by atoms with van der Waals surface area (Å²) in [7, 11) is 1.93. The van der Waals surface area contributed by atoms with Crippen LogP contribution >= 0.6 is 11.6 Å². The lowest BCUT2D eigenvalue weighted by atomic mass is 10.1. The van der Waals surface area contributed by atoms with Crippen molar-refractivity contribution in [1.29, 1.82) is 0 Å². The highest BCUT2D eigenvalue weighted by Gasteiger charge is 2.34. The van der Waals surface area contributed by atoms with E-state index in [0.717, 1.165) is 24.6 Å². The van der Waals surface area contributed by atoms with E-state index in [9.17, 15) is 19.7 Å². The first-order valence-electron chi connectivity index (χ1n) is 9.55. The van der Waals surface area contributed by atoms with E-state index < -0.39 is 10.8 Å². The van der Waals surface area contributed by atoms with Gasteiger partial charge in [0.05, 0.1) is 22.1 Å². The van der Waals surface area contributed by atoms with Gasteiger partial charge in [-0.3, -0.25) is 19.7 Å². The van der Waals surface area contributed by atoms with Gasteiger partial charge in [-0.15, -0.1) is 6.58 Å². The van der Waals surface area contributed by atoms with Crippen molar-refractivity contribution in [2.24, 2.45) is 7.05 Å². The summed E-state index contributed by atoms with van der Waals surface area (Å²) in [6.45, 7) is 4.16. The van der Waals surface area contributed by atoms with E-state index in [-0.39, 0.29) is 41.3 Å². The van der Waals surface area contributed by atoms with Crippen LogP contribution in [0.2, 0.25) is 5.02 Å². The summed E-state index contributed by atoms with van der Waals surface area (Å²) in [6.07, 6.45) is 5.34. The second-order valence-corrected chi connectivity index (χ2v) is 7.67. The van der Waals surface area contributed by atoms with E-state index in [1.54, 1.807) is 4.90 Å². The monoisotopic (exact) mass is 430 g/mol. The van der Waals surface area contributed by atoms with Crippen molar-refractivity contribution in [2.75, 3.05) is 13.1 Å². The number of benzene rings is 1. The molecule has 30 heavy (non-hydrogen) atoms. The van der Waals surface area contributed by atoms with Gasteiger partial charge >= 0.3 is 0 Å². The standard InChI is InChI=1S/C21H23ClN4O4/c1-3-10-24(21(28)18-9-8-16(26(29)30)12-19(18)22)14-20(27)25(15-6-7-15)13-17-5-4-11-23(17)2/h3-5,8-9,11-12,15H,1,6-7,10,13-14H2,2H3. The number of rotatable bonds is 9. The van der Waals surface area contributed by atoms with E-state index in [0.29, 0.717) is 6.54 Å². The molecule has 158 valence electrons. The quantitative estimate of drug-likeness (QED) is 0.346. The van der Waals surface area contributed by atoms with Gasteiger partial charge in [-0.25, -0.2) is 0 Å². The molecule has 0 bridgehead atoms. The number of hydrogen-bond acceptors (Lipinski definition) is 4. The molecule has 0 spiro atoms. The predicted molar refractivity (Wildman–Crippen MR) is 113 cm³/mol. The minimum absolute atomic E-state index is 0.0291. The zero-order valence-corrected chi connectivity index (χ0v) is 17.4. The van der Waals surface area contributed by atoms with Crippen LogP contribution in [-0.4, -0.2) is 50.2 Å². The number of nitro groups is 1.